The van der Waals surface area contributed by atoms with Crippen LogP contribution >= 0.6 is 0 Å². The molecule has 0 bridgehead atoms. The Labute approximate surface area is 201 Å². The molecule has 1 N–H and O–H groups in total. The highest BCUT2D eigenvalue weighted by Crippen LogP contribution is 2.50. The molecule has 4 nitrogen and oxygen atoms in total. The number of nitrogens with one attached hydrogen (secondary N) is 1. The van der Waals surface area contributed by atoms with E-state index in [0.29, 0.717) is 13.2 Å². The number of aryl methyl sites for hydroxylation is 1. The third kappa shape index (κ3) is 4.06. The van der Waals surface area contributed by atoms with E-state index in [1.54, 1.807) is 0 Å². The van der Waals surface area contributed by atoms with Crippen LogP contribution in [0.5, 0.6) is 0 Å². The molecule has 5 rings (SSSR count). The molecule has 1 atom stereocenters. The topological polar surface area (TPSA) is 41.1 Å². The standard InChI is InChI=1S/C30H31N3O/c1-3-4-19-29-31-20-26(32-29)22-34-30(25-15-9-6-10-16-25)28-18-12-11-17-27(28)23(2)33(30)21-24-13-7-5-8-14-24/h5-18,20H,2-4,19,21-22H2,1H3,(H,31,32). The van der Waals surface area contributed by atoms with Gasteiger partial charge in [0.1, 0.15) is 5.82 Å². The van der Waals surface area contributed by atoms with Gasteiger partial charge < -0.3 is 14.6 Å². The van der Waals surface area contributed by atoms with Gasteiger partial charge in [-0.05, 0) is 12.0 Å². The normalized spacial score (nSPS) is 17.2. The highest BCUT2D eigenvalue weighted by molar-refractivity contribution is 5.73. The van der Waals surface area contributed by atoms with E-state index in [4.69, 9.17) is 4.74 Å². The van der Waals surface area contributed by atoms with E-state index in [9.17, 15) is 0 Å². The zero-order chi connectivity index (χ0) is 23.4. The van der Waals surface area contributed by atoms with Gasteiger partial charge in [0.15, 0.2) is 5.72 Å². The molecule has 4 heteroatoms. The van der Waals surface area contributed by atoms with E-state index in [-0.39, 0.29) is 0 Å². The molecule has 2 heterocycles. The molecule has 0 radical (unpaired) electrons. The van der Waals surface area contributed by atoms with Gasteiger partial charge in [0, 0.05) is 35.4 Å². The van der Waals surface area contributed by atoms with Crippen LogP contribution in [-0.2, 0) is 30.0 Å². The van der Waals surface area contributed by atoms with Gasteiger partial charge in [-0.1, -0.05) is 105 Å². The van der Waals surface area contributed by atoms with Gasteiger partial charge in [0.05, 0.1) is 18.5 Å². The minimum Gasteiger partial charge on any atom is -0.344 e. The lowest BCUT2D eigenvalue weighted by atomic mass is 9.93. The Kier molecular flexibility index (Phi) is 6.33. The summed E-state index contributed by atoms with van der Waals surface area (Å²) in [6, 6.07) is 29.5. The van der Waals surface area contributed by atoms with E-state index < -0.39 is 5.72 Å². The smallest absolute Gasteiger partial charge is 0.195 e. The Morgan fingerprint density at radius 2 is 1.65 bits per heavy atom. The van der Waals surface area contributed by atoms with E-state index in [1.165, 1.54) is 5.56 Å². The first-order valence-electron chi connectivity index (χ1n) is 12.0. The summed E-state index contributed by atoms with van der Waals surface area (Å²) in [6.07, 6.45) is 5.14. The lowest BCUT2D eigenvalue weighted by molar-refractivity contribution is -0.115. The maximum absolute atomic E-state index is 6.96. The molecule has 1 aliphatic rings. The zero-order valence-corrected chi connectivity index (χ0v) is 19.7. The molecule has 1 unspecified atom stereocenters. The van der Waals surface area contributed by atoms with Crippen molar-refractivity contribution < 1.29 is 4.74 Å². The second-order valence-electron chi connectivity index (χ2n) is 8.82. The number of imidazole rings is 1. The number of H-pyrrole nitrogens is 1. The van der Waals surface area contributed by atoms with Gasteiger partial charge in [-0.2, -0.15) is 0 Å². The average molecular weight is 450 g/mol. The van der Waals surface area contributed by atoms with Gasteiger partial charge in [-0.25, -0.2) is 4.98 Å². The van der Waals surface area contributed by atoms with Crippen molar-refractivity contribution in [2.45, 2.75) is 45.1 Å². The van der Waals surface area contributed by atoms with Crippen molar-refractivity contribution in [2.75, 3.05) is 0 Å². The van der Waals surface area contributed by atoms with Crippen molar-refractivity contribution in [3.63, 3.8) is 0 Å². The van der Waals surface area contributed by atoms with Crippen LogP contribution in [0.1, 0.15) is 53.5 Å². The van der Waals surface area contributed by atoms with Crippen LogP contribution in [0.3, 0.4) is 0 Å². The number of unbranched alkanes of at least 4 members (excludes halogenated alkanes) is 1. The van der Waals surface area contributed by atoms with Crippen molar-refractivity contribution in [2.24, 2.45) is 0 Å². The number of hydrogen-bond donors (Lipinski definition) is 1. The Balaban J connectivity index is 1.57. The molecule has 0 amide bonds. The lowest BCUT2D eigenvalue weighted by Crippen LogP contribution is -2.43. The van der Waals surface area contributed by atoms with E-state index in [2.05, 4.69) is 101 Å². The minimum absolute atomic E-state index is 0.418. The van der Waals surface area contributed by atoms with Gasteiger partial charge >= 0.3 is 0 Å². The maximum Gasteiger partial charge on any atom is 0.195 e. The first-order chi connectivity index (χ1) is 16.7. The summed E-state index contributed by atoms with van der Waals surface area (Å²) >= 11 is 0. The quantitative estimate of drug-likeness (QED) is 0.311. The highest BCUT2D eigenvalue weighted by atomic mass is 16.5. The number of ether oxygens (including phenoxy) is 1. The van der Waals surface area contributed by atoms with Gasteiger partial charge in [-0.15, -0.1) is 0 Å². The molecule has 172 valence electrons. The van der Waals surface area contributed by atoms with Gasteiger partial charge in [0.2, 0.25) is 0 Å². The maximum atomic E-state index is 6.96. The molecule has 4 aromatic rings. The van der Waals surface area contributed by atoms with Crippen LogP contribution in [0.4, 0.5) is 0 Å². The summed E-state index contributed by atoms with van der Waals surface area (Å²) in [7, 11) is 0. The first kappa shape index (κ1) is 22.2. The second-order valence-corrected chi connectivity index (χ2v) is 8.82. The van der Waals surface area contributed by atoms with Crippen LogP contribution in [0.15, 0.2) is 97.7 Å². The fourth-order valence-corrected chi connectivity index (χ4v) is 4.83. The van der Waals surface area contributed by atoms with E-state index in [0.717, 1.165) is 53.2 Å². The monoisotopic (exact) mass is 449 g/mol. The molecule has 0 saturated heterocycles. The molecule has 0 spiro atoms. The highest BCUT2D eigenvalue weighted by Gasteiger charge is 2.49. The first-order valence-corrected chi connectivity index (χ1v) is 12.0. The molecular weight excluding hydrogens is 418 g/mol. The molecule has 1 aliphatic heterocycles. The summed E-state index contributed by atoms with van der Waals surface area (Å²) in [5, 5.41) is 0. The van der Waals surface area contributed by atoms with Crippen molar-refractivity contribution in [3.05, 3.63) is 131 Å². The van der Waals surface area contributed by atoms with E-state index >= 15 is 0 Å². The fourth-order valence-electron chi connectivity index (χ4n) is 4.83. The number of nitrogens with zero attached hydrogens (tertiary/aromatic N) is 2. The Morgan fingerprint density at radius 3 is 2.41 bits per heavy atom. The number of fused-ring (bicyclic) bond motifs is 1. The molecule has 3 aromatic carbocycles. The Hall–Kier alpha value is -3.63. The summed E-state index contributed by atoms with van der Waals surface area (Å²) in [5.74, 6) is 1.02. The largest absolute Gasteiger partial charge is 0.344 e. The second kappa shape index (κ2) is 9.70. The predicted molar refractivity (Wildman–Crippen MR) is 137 cm³/mol. The number of benzene rings is 3. The summed E-state index contributed by atoms with van der Waals surface area (Å²) in [5.41, 5.74) is 5.70. The van der Waals surface area contributed by atoms with E-state index in [1.807, 2.05) is 18.3 Å². The van der Waals surface area contributed by atoms with Crippen molar-refractivity contribution >= 4 is 5.70 Å². The van der Waals surface area contributed by atoms with Crippen LogP contribution in [0, 0.1) is 0 Å². The Bertz CT molecular complexity index is 1250. The minimum atomic E-state index is -0.792. The number of hydrogen-bond acceptors (Lipinski definition) is 3. The molecular formula is C30H31N3O. The molecule has 0 fully saturated rings. The summed E-state index contributed by atoms with van der Waals surface area (Å²) < 4.78 is 6.96. The van der Waals surface area contributed by atoms with Crippen molar-refractivity contribution in [1.29, 1.82) is 0 Å². The lowest BCUT2D eigenvalue weighted by Gasteiger charge is -2.41. The fraction of sp³-hybridized carbons (Fsp3) is 0.233. The van der Waals surface area contributed by atoms with Gasteiger partial charge in [0.25, 0.3) is 0 Å². The average Bonchev–Trinajstić information content (AvgIpc) is 3.44. The number of aromatic nitrogens is 2. The Morgan fingerprint density at radius 1 is 0.941 bits per heavy atom. The SMILES string of the molecule is C=C1c2ccccc2C(OCc2cnc(CCCC)[nH]2)(c2ccccc2)N1Cc1ccccc1. The van der Waals surface area contributed by atoms with Gasteiger partial charge in [-0.3, -0.25) is 0 Å². The molecule has 0 aliphatic carbocycles. The molecule has 1 aromatic heterocycles. The zero-order valence-electron chi connectivity index (χ0n) is 19.7. The van der Waals surface area contributed by atoms with Crippen molar-refractivity contribution in [1.82, 2.24) is 14.9 Å². The third-order valence-electron chi connectivity index (χ3n) is 6.54. The van der Waals surface area contributed by atoms with Crippen molar-refractivity contribution in [3.8, 4) is 0 Å². The number of rotatable bonds is 9. The van der Waals surface area contributed by atoms with Crippen LogP contribution in [-0.4, -0.2) is 14.9 Å². The third-order valence-corrected chi connectivity index (χ3v) is 6.54. The molecule has 0 saturated carbocycles. The summed E-state index contributed by atoms with van der Waals surface area (Å²) in [6.45, 7) is 7.82. The predicted octanol–water partition coefficient (Wildman–Crippen LogP) is 6.66. The van der Waals surface area contributed by atoms with Crippen LogP contribution in [0.2, 0.25) is 0 Å². The summed E-state index contributed by atoms with van der Waals surface area (Å²) in [4.78, 5) is 10.3. The van der Waals surface area contributed by atoms with Crippen LogP contribution < -0.4 is 0 Å². The number of aromatic amines is 1. The van der Waals surface area contributed by atoms with Crippen LogP contribution in [0.25, 0.3) is 5.70 Å². The molecule has 34 heavy (non-hydrogen) atoms.